The van der Waals surface area contributed by atoms with Gasteiger partial charge in [0, 0.05) is 0 Å². The summed E-state index contributed by atoms with van der Waals surface area (Å²) in [4.78, 5) is 17.9. The van der Waals surface area contributed by atoms with Gasteiger partial charge in [-0.15, -0.1) is 0 Å². The zero-order valence-electron chi connectivity index (χ0n) is 5.13. The molecule has 0 aliphatic heterocycles. The van der Waals surface area contributed by atoms with Crippen LogP contribution in [0, 0.1) is 0 Å². The van der Waals surface area contributed by atoms with Gasteiger partial charge in [-0.3, -0.25) is 0 Å². The molecule has 0 aromatic carbocycles. The van der Waals surface area contributed by atoms with Gasteiger partial charge < -0.3 is 36.9 Å². The van der Waals surface area contributed by atoms with Gasteiger partial charge in [0.2, 0.25) is 0 Å². The summed E-state index contributed by atoms with van der Waals surface area (Å²) in [7, 11) is 0. The molecule has 0 heterocycles. The molecule has 10 heavy (non-hydrogen) atoms. The fraction of sp³-hybridized carbons (Fsp3) is 0. The van der Waals surface area contributed by atoms with Gasteiger partial charge in [0.15, 0.2) is 0 Å². The molecule has 61 valence electrons. The van der Waals surface area contributed by atoms with E-state index in [1.807, 2.05) is 0 Å². The molecule has 8 N–H and O–H groups in total. The first-order chi connectivity index (χ1) is 2.64. The van der Waals surface area contributed by atoms with Crippen LogP contribution in [-0.4, -0.2) is 22.9 Å². The van der Waals surface area contributed by atoms with Crippen molar-refractivity contribution in [2.45, 2.75) is 0 Å². The van der Waals surface area contributed by atoms with E-state index >= 15 is 0 Å². The summed E-state index contributed by atoms with van der Waals surface area (Å²) >= 11 is 0. The van der Waals surface area contributed by atoms with Gasteiger partial charge in [-0.05, 0) is 0 Å². The Morgan fingerprint density at radius 3 is 1.00 bits per heavy atom. The van der Waals surface area contributed by atoms with Gasteiger partial charge in [-0.2, -0.15) is 0 Å². The summed E-state index contributed by atoms with van der Waals surface area (Å²) in [6.07, 6.45) is 0. The zero-order valence-corrected chi connectivity index (χ0v) is 6.69. The number of rotatable bonds is 0. The van der Waals surface area contributed by atoms with Crippen molar-refractivity contribution in [2.75, 3.05) is 0 Å². The Kier molecular flexibility index (Phi) is 53.4. The van der Waals surface area contributed by atoms with E-state index in [4.69, 9.17) is 19.8 Å². The number of hydrogen-bond donors (Lipinski definition) is 1. The van der Waals surface area contributed by atoms with E-state index < -0.39 is 11.9 Å². The van der Waals surface area contributed by atoms with Crippen LogP contribution in [0.3, 0.4) is 0 Å². The molecule has 0 amide bonds. The molecule has 0 aromatic rings. The normalized spacial score (nSPS) is 4.40. The van der Waals surface area contributed by atoms with E-state index in [0.29, 0.717) is 0 Å². The average Bonchev–Trinajstić information content (AvgIpc) is 1.36. The zero-order chi connectivity index (χ0) is 5.15. The van der Waals surface area contributed by atoms with Crippen molar-refractivity contribution in [3.8, 4) is 0 Å². The van der Waals surface area contributed by atoms with Crippen LogP contribution in [-0.2, 0) is 31.3 Å². The number of carboxylic acids is 2. The maximum absolute atomic E-state index is 8.93. The quantitative estimate of drug-likeness (QED) is 0.297. The van der Waals surface area contributed by atoms with Crippen LogP contribution >= 0.6 is 0 Å². The molecule has 0 aromatic heterocycles. The molecule has 0 saturated carbocycles. The van der Waals surface area contributed by atoms with E-state index in [2.05, 4.69) is 0 Å². The Hall–Kier alpha value is -0.466. The van der Waals surface area contributed by atoms with E-state index in [1.165, 1.54) is 0 Å². The number of aliphatic carboxylic acids is 2. The third-order valence-corrected chi connectivity index (χ3v) is 0.167. The van der Waals surface area contributed by atoms with Gasteiger partial charge in [-0.1, -0.05) is 0 Å². The van der Waals surface area contributed by atoms with E-state index in [-0.39, 0.29) is 38.8 Å². The number of quaternary nitrogens is 1. The second kappa shape index (κ2) is 15.8. The van der Waals surface area contributed by atoms with Crippen LogP contribution in [0.15, 0.2) is 0 Å². The molecule has 7 nitrogen and oxygen atoms in total. The second-order valence-electron chi connectivity index (χ2n) is 0.575. The molecule has 0 unspecified atom stereocenters. The maximum Gasteiger partial charge on any atom is 1.00 e. The van der Waals surface area contributed by atoms with Crippen molar-refractivity contribution in [3.05, 3.63) is 0 Å². The van der Waals surface area contributed by atoms with Crippen molar-refractivity contribution in [2.24, 2.45) is 0 Å². The molecule has 0 aliphatic rings. The Morgan fingerprint density at radius 2 is 1.00 bits per heavy atom. The summed E-state index contributed by atoms with van der Waals surface area (Å²) < 4.78 is 0. The summed E-state index contributed by atoms with van der Waals surface area (Å²) in [5.74, 6) is -4.37. The van der Waals surface area contributed by atoms with Crippen LogP contribution in [0.25, 0.3) is 0 Å². The predicted octanol–water partition coefficient (Wildman–Crippen LogP) is -4.79. The molecule has 0 spiro atoms. The van der Waals surface area contributed by atoms with Crippen molar-refractivity contribution < 1.29 is 52.5 Å². The van der Waals surface area contributed by atoms with Crippen molar-refractivity contribution in [1.82, 2.24) is 6.15 Å². The minimum absolute atomic E-state index is 0. The van der Waals surface area contributed by atoms with Crippen molar-refractivity contribution in [3.63, 3.8) is 0 Å². The number of carboxylic acid groups (broad SMARTS) is 2. The Balaban J connectivity index is -0.0000000208. The standard InChI is InChI=1S/C2H2O4.H3N.2H2O.Ti/c3-1(4)2(5)6;;;;/h(H,3,4)(H,5,6);1H3;2*1H2;/q;;;;+1/p-1. The number of hydrogen-bond acceptors (Lipinski definition) is 4. The number of carbonyl (C=O) groups excluding carboxylic acids is 2. The molecular formula is C2H8NO6Ti. The number of carbonyl (C=O) groups is 2. The fourth-order valence-electron chi connectivity index (χ4n) is 0. The molecule has 8 heteroatoms. The van der Waals surface area contributed by atoms with Gasteiger partial charge in [0.25, 0.3) is 0 Å². The maximum atomic E-state index is 8.93. The summed E-state index contributed by atoms with van der Waals surface area (Å²) in [6.45, 7) is 0. The third kappa shape index (κ3) is 25.8. The Labute approximate surface area is 71.1 Å². The first-order valence-corrected chi connectivity index (χ1v) is 1.07. The van der Waals surface area contributed by atoms with Crippen LogP contribution in [0.1, 0.15) is 0 Å². The molecule has 1 radical (unpaired) electrons. The molecular weight excluding hydrogens is 182 g/mol. The summed E-state index contributed by atoms with van der Waals surface area (Å²) in [5, 5.41) is 17.9. The molecule has 0 aliphatic carbocycles. The minimum atomic E-state index is -2.19. The monoisotopic (exact) mass is 190 g/mol. The second-order valence-corrected chi connectivity index (χ2v) is 0.575. The van der Waals surface area contributed by atoms with Crippen LogP contribution < -0.4 is 16.4 Å². The van der Waals surface area contributed by atoms with Gasteiger partial charge in [0.05, 0.1) is 11.9 Å². The van der Waals surface area contributed by atoms with Crippen molar-refractivity contribution in [1.29, 1.82) is 0 Å². The fourth-order valence-corrected chi connectivity index (χ4v) is 0. The smallest absolute Gasteiger partial charge is 0.543 e. The van der Waals surface area contributed by atoms with Crippen LogP contribution in [0.2, 0.25) is 0 Å². The van der Waals surface area contributed by atoms with Gasteiger partial charge >= 0.3 is 21.7 Å². The minimum Gasteiger partial charge on any atom is -0.543 e. The first-order valence-electron chi connectivity index (χ1n) is 1.07. The average molecular weight is 190 g/mol. The first kappa shape index (κ1) is 33.8. The molecule has 0 fully saturated rings. The van der Waals surface area contributed by atoms with Crippen LogP contribution in [0.4, 0.5) is 0 Å². The van der Waals surface area contributed by atoms with E-state index in [1.54, 1.807) is 0 Å². The van der Waals surface area contributed by atoms with Crippen LogP contribution in [0.5, 0.6) is 0 Å². The molecule has 0 saturated heterocycles. The Morgan fingerprint density at radius 1 is 0.900 bits per heavy atom. The van der Waals surface area contributed by atoms with Gasteiger partial charge in [-0.25, -0.2) is 0 Å². The Bertz CT molecular complexity index is 81.7. The van der Waals surface area contributed by atoms with Gasteiger partial charge in [0.1, 0.15) is 0 Å². The van der Waals surface area contributed by atoms with E-state index in [9.17, 15) is 0 Å². The SMILES string of the molecule is O.O.O=C([O-])C(=O)[O-].[NH4+].[Ti+]. The molecule has 0 bridgehead atoms. The van der Waals surface area contributed by atoms with Crippen molar-refractivity contribution >= 4 is 11.9 Å². The van der Waals surface area contributed by atoms with E-state index in [0.717, 1.165) is 0 Å². The topological polar surface area (TPSA) is 180 Å². The molecule has 0 rings (SSSR count). The molecule has 0 atom stereocenters. The third-order valence-electron chi connectivity index (χ3n) is 0.167. The predicted molar refractivity (Wildman–Crippen MR) is 23.2 cm³/mol. The summed E-state index contributed by atoms with van der Waals surface area (Å²) in [6, 6.07) is 0. The largest absolute Gasteiger partial charge is 1.00 e. The summed E-state index contributed by atoms with van der Waals surface area (Å²) in [5.41, 5.74) is 0.